The topological polar surface area (TPSA) is 61.8 Å². The maximum Gasteiger partial charge on any atom is 0.269 e. The monoisotopic (exact) mass is 209 g/mol. The van der Waals surface area contributed by atoms with Gasteiger partial charge in [0.1, 0.15) is 5.71 Å². The normalized spacial score (nSPS) is 20.6. The third-order valence-electron chi connectivity index (χ3n) is 2.73. The Morgan fingerprint density at radius 1 is 1.53 bits per heavy atom. The van der Waals surface area contributed by atoms with Gasteiger partial charge in [-0.1, -0.05) is 0 Å². The smallest absolute Gasteiger partial charge is 0.269 e. The molecule has 0 unspecified atom stereocenters. The molecule has 5 nitrogen and oxygen atoms in total. The maximum absolute atomic E-state index is 11.8. The second-order valence-corrected chi connectivity index (χ2v) is 4.22. The Balaban J connectivity index is 1.91. The molecule has 0 aromatic carbocycles. The molecule has 0 aromatic heterocycles. The first-order chi connectivity index (χ1) is 7.16. The first-order valence-electron chi connectivity index (χ1n) is 5.27. The van der Waals surface area contributed by atoms with Crippen molar-refractivity contribution < 1.29 is 9.59 Å². The van der Waals surface area contributed by atoms with E-state index in [2.05, 4.69) is 10.5 Å². The third-order valence-corrected chi connectivity index (χ3v) is 2.73. The third kappa shape index (κ3) is 2.55. The Kier molecular flexibility index (Phi) is 2.70. The lowest BCUT2D eigenvalue weighted by Gasteiger charge is -2.19. The van der Waals surface area contributed by atoms with Gasteiger partial charge in [-0.15, -0.1) is 0 Å². The van der Waals surface area contributed by atoms with Crippen molar-refractivity contribution in [3.8, 4) is 0 Å². The fourth-order valence-corrected chi connectivity index (χ4v) is 1.62. The maximum atomic E-state index is 11.8. The molecule has 1 heterocycles. The number of nitrogens with one attached hydrogen (secondary N) is 1. The fraction of sp³-hybridized carbons (Fsp3) is 0.700. The first-order valence-corrected chi connectivity index (χ1v) is 5.27. The average Bonchev–Trinajstić information content (AvgIpc) is 3.02. The van der Waals surface area contributed by atoms with Gasteiger partial charge in [0.15, 0.2) is 0 Å². The lowest BCUT2D eigenvalue weighted by molar-refractivity contribution is -0.123. The van der Waals surface area contributed by atoms with Crippen LogP contribution in [0.2, 0.25) is 0 Å². The molecule has 0 radical (unpaired) electrons. The number of hydrogen-bond donors (Lipinski definition) is 1. The van der Waals surface area contributed by atoms with Crippen molar-refractivity contribution in [1.29, 1.82) is 0 Å². The Morgan fingerprint density at radius 2 is 2.27 bits per heavy atom. The van der Waals surface area contributed by atoms with Crippen LogP contribution in [0.1, 0.15) is 25.7 Å². The van der Waals surface area contributed by atoms with Gasteiger partial charge in [-0.3, -0.25) is 9.59 Å². The number of hydrazone groups is 1. The van der Waals surface area contributed by atoms with E-state index in [1.807, 2.05) is 0 Å². The molecule has 2 aliphatic rings. The molecule has 0 atom stereocenters. The molecular formula is C10H15N3O2. The minimum absolute atomic E-state index is 0.0538. The summed E-state index contributed by atoms with van der Waals surface area (Å²) in [5.41, 5.74) is 2.81. The highest BCUT2D eigenvalue weighted by Gasteiger charge is 2.27. The molecule has 15 heavy (non-hydrogen) atoms. The van der Waals surface area contributed by atoms with Crippen molar-refractivity contribution in [3.05, 3.63) is 0 Å². The van der Waals surface area contributed by atoms with E-state index < -0.39 is 0 Å². The number of carbonyl (C=O) groups excluding carboxylic acids is 2. The number of carbonyl (C=O) groups is 2. The number of nitrogens with zero attached hydrogens (tertiary/aromatic N) is 2. The summed E-state index contributed by atoms with van der Waals surface area (Å²) >= 11 is 0. The van der Waals surface area contributed by atoms with Crippen molar-refractivity contribution in [1.82, 2.24) is 10.3 Å². The molecule has 1 aliphatic carbocycles. The Morgan fingerprint density at radius 3 is 2.80 bits per heavy atom. The van der Waals surface area contributed by atoms with E-state index in [9.17, 15) is 9.59 Å². The molecule has 5 heteroatoms. The summed E-state index contributed by atoms with van der Waals surface area (Å²) in [6, 6.07) is 0. The molecule has 1 fully saturated rings. The second-order valence-electron chi connectivity index (χ2n) is 4.22. The van der Waals surface area contributed by atoms with Crippen molar-refractivity contribution in [2.45, 2.75) is 25.7 Å². The van der Waals surface area contributed by atoms with Crippen molar-refractivity contribution >= 4 is 17.5 Å². The zero-order valence-electron chi connectivity index (χ0n) is 8.82. The van der Waals surface area contributed by atoms with Gasteiger partial charge in [-0.05, 0) is 18.8 Å². The number of amides is 2. The van der Waals surface area contributed by atoms with E-state index in [0.29, 0.717) is 24.5 Å². The quantitative estimate of drug-likeness (QED) is 0.717. The predicted octanol–water partition coefficient (Wildman–Crippen LogP) is 0.121. The van der Waals surface area contributed by atoms with E-state index >= 15 is 0 Å². The van der Waals surface area contributed by atoms with E-state index in [-0.39, 0.29) is 11.8 Å². The van der Waals surface area contributed by atoms with E-state index in [0.717, 1.165) is 6.54 Å². The van der Waals surface area contributed by atoms with Gasteiger partial charge < -0.3 is 4.90 Å². The van der Waals surface area contributed by atoms with Crippen LogP contribution in [0.4, 0.5) is 0 Å². The SMILES string of the molecule is CN(CC1CC1)C(=O)C1=NNC(=O)CC1. The molecule has 1 aliphatic heterocycles. The van der Waals surface area contributed by atoms with Crippen LogP contribution >= 0.6 is 0 Å². The van der Waals surface area contributed by atoms with Crippen molar-refractivity contribution in [3.63, 3.8) is 0 Å². The summed E-state index contributed by atoms with van der Waals surface area (Å²) in [4.78, 5) is 24.4. The van der Waals surface area contributed by atoms with Gasteiger partial charge in [0, 0.05) is 26.4 Å². The van der Waals surface area contributed by atoms with Crippen LogP contribution in [-0.2, 0) is 9.59 Å². The molecule has 1 saturated carbocycles. The van der Waals surface area contributed by atoms with Gasteiger partial charge in [0.2, 0.25) is 5.91 Å². The molecule has 1 N–H and O–H groups in total. The molecule has 2 rings (SSSR count). The lowest BCUT2D eigenvalue weighted by Crippen LogP contribution is -2.38. The number of rotatable bonds is 3. The Hall–Kier alpha value is -1.39. The minimum atomic E-state index is -0.114. The average molecular weight is 209 g/mol. The van der Waals surface area contributed by atoms with Gasteiger partial charge in [0.25, 0.3) is 5.91 Å². The minimum Gasteiger partial charge on any atom is -0.340 e. The summed E-state index contributed by atoms with van der Waals surface area (Å²) in [5.74, 6) is 0.510. The molecule has 2 amide bonds. The van der Waals surface area contributed by atoms with Crippen molar-refractivity contribution in [2.75, 3.05) is 13.6 Å². The van der Waals surface area contributed by atoms with E-state index in [1.54, 1.807) is 11.9 Å². The molecule has 0 saturated heterocycles. The zero-order valence-corrected chi connectivity index (χ0v) is 8.82. The molecule has 0 bridgehead atoms. The van der Waals surface area contributed by atoms with Crippen molar-refractivity contribution in [2.24, 2.45) is 11.0 Å². The van der Waals surface area contributed by atoms with Crippen LogP contribution in [0.25, 0.3) is 0 Å². The predicted molar refractivity (Wildman–Crippen MR) is 55.2 cm³/mol. The Bertz CT molecular complexity index is 321. The largest absolute Gasteiger partial charge is 0.340 e. The highest BCUT2D eigenvalue weighted by Crippen LogP contribution is 2.29. The summed E-state index contributed by atoms with van der Waals surface area (Å²) in [5, 5.41) is 3.79. The standard InChI is InChI=1S/C10H15N3O2/c1-13(6-7-2-3-7)10(15)8-4-5-9(14)12-11-8/h7H,2-6H2,1H3,(H,12,14). The highest BCUT2D eigenvalue weighted by molar-refractivity contribution is 6.39. The van der Waals surface area contributed by atoms with Crippen LogP contribution in [0, 0.1) is 5.92 Å². The number of hydrogen-bond acceptors (Lipinski definition) is 3. The van der Waals surface area contributed by atoms with E-state index in [4.69, 9.17) is 0 Å². The molecule has 82 valence electrons. The van der Waals surface area contributed by atoms with Gasteiger partial charge >= 0.3 is 0 Å². The van der Waals surface area contributed by atoms with Crippen LogP contribution in [-0.4, -0.2) is 36.0 Å². The lowest BCUT2D eigenvalue weighted by atomic mass is 10.1. The first kappa shape index (κ1) is 10.1. The second kappa shape index (κ2) is 4.00. The summed E-state index contributed by atoms with van der Waals surface area (Å²) in [7, 11) is 1.79. The Labute approximate surface area is 88.5 Å². The van der Waals surface area contributed by atoms with E-state index in [1.165, 1.54) is 12.8 Å². The molecule has 0 spiro atoms. The fourth-order valence-electron chi connectivity index (χ4n) is 1.62. The zero-order chi connectivity index (χ0) is 10.8. The van der Waals surface area contributed by atoms with Crippen LogP contribution in [0.5, 0.6) is 0 Å². The van der Waals surface area contributed by atoms with Crippen LogP contribution in [0.15, 0.2) is 5.10 Å². The van der Waals surface area contributed by atoms with Gasteiger partial charge in [-0.2, -0.15) is 5.10 Å². The van der Waals surface area contributed by atoms with Crippen LogP contribution < -0.4 is 5.43 Å². The van der Waals surface area contributed by atoms with Crippen LogP contribution in [0.3, 0.4) is 0 Å². The summed E-state index contributed by atoms with van der Waals surface area (Å²) < 4.78 is 0. The van der Waals surface area contributed by atoms with Gasteiger partial charge in [0.05, 0.1) is 0 Å². The summed E-state index contributed by atoms with van der Waals surface area (Å²) in [6.07, 6.45) is 3.27. The molecular weight excluding hydrogens is 194 g/mol. The molecule has 0 aromatic rings. The van der Waals surface area contributed by atoms with Gasteiger partial charge in [-0.25, -0.2) is 5.43 Å². The highest BCUT2D eigenvalue weighted by atomic mass is 16.2. The summed E-state index contributed by atoms with van der Waals surface area (Å²) in [6.45, 7) is 0.811.